The lowest BCUT2D eigenvalue weighted by Gasteiger charge is -2.35. The van der Waals surface area contributed by atoms with Crippen LogP contribution in [-0.4, -0.2) is 58.2 Å². The van der Waals surface area contributed by atoms with Crippen molar-refractivity contribution < 1.29 is 5.11 Å². The molecule has 3 aliphatic rings. The van der Waals surface area contributed by atoms with Gasteiger partial charge in [0, 0.05) is 43.6 Å². The van der Waals surface area contributed by atoms with Crippen LogP contribution in [-0.2, 0) is 0 Å². The minimum Gasteiger partial charge on any atom is -0.507 e. The number of hydrogen-bond acceptors (Lipinski definition) is 6. The van der Waals surface area contributed by atoms with Crippen LogP contribution in [0.25, 0.3) is 10.9 Å². The molecular formula is C24H34IN5O. The van der Waals surface area contributed by atoms with Crippen LogP contribution >= 0.6 is 22.6 Å². The van der Waals surface area contributed by atoms with Gasteiger partial charge in [-0.3, -0.25) is 0 Å². The molecule has 31 heavy (non-hydrogen) atoms. The molecule has 2 aromatic rings. The number of piperidine rings is 1. The molecule has 2 N–H and O–H groups in total. The van der Waals surface area contributed by atoms with E-state index in [1.807, 2.05) is 12.1 Å². The third-order valence-electron chi connectivity index (χ3n) is 7.74. The smallest absolute Gasteiger partial charge is 0.227 e. The van der Waals surface area contributed by atoms with Gasteiger partial charge < -0.3 is 20.2 Å². The van der Waals surface area contributed by atoms with Crippen molar-refractivity contribution in [1.29, 1.82) is 0 Å². The molecule has 0 atom stereocenters. The summed E-state index contributed by atoms with van der Waals surface area (Å²) in [4.78, 5) is 14.9. The molecule has 1 spiro atoms. The molecule has 0 bridgehead atoms. The maximum absolute atomic E-state index is 10.4. The van der Waals surface area contributed by atoms with Crippen LogP contribution in [0.5, 0.6) is 5.75 Å². The highest BCUT2D eigenvalue weighted by molar-refractivity contribution is 14.1. The van der Waals surface area contributed by atoms with Crippen LogP contribution in [0.1, 0.15) is 58.8 Å². The number of nitrogens with one attached hydrogen (secondary N) is 1. The topological polar surface area (TPSA) is 64.5 Å². The quantitative estimate of drug-likeness (QED) is 0.538. The largest absolute Gasteiger partial charge is 0.507 e. The maximum atomic E-state index is 10.4. The van der Waals surface area contributed by atoms with Crippen LogP contribution in [0, 0.1) is 8.99 Å². The van der Waals surface area contributed by atoms with Gasteiger partial charge in [-0.25, -0.2) is 4.98 Å². The number of anilines is 2. The zero-order chi connectivity index (χ0) is 21.6. The SMILES string of the molecule is CC(C)N1CCC(Nc2nc(N3CCC4(CCCC4)C3)nc3cc(I)c(O)cc23)CC1. The average molecular weight is 535 g/mol. The molecule has 0 amide bonds. The van der Waals surface area contributed by atoms with Crippen molar-refractivity contribution in [3.8, 4) is 5.75 Å². The summed E-state index contributed by atoms with van der Waals surface area (Å²) in [5.74, 6) is 2.02. The van der Waals surface area contributed by atoms with E-state index < -0.39 is 0 Å². The lowest BCUT2D eigenvalue weighted by Crippen LogP contribution is -2.42. The second-order valence-electron chi connectivity index (χ2n) is 10.1. The molecule has 5 rings (SSSR count). The Labute approximate surface area is 198 Å². The van der Waals surface area contributed by atoms with Gasteiger partial charge in [-0.1, -0.05) is 12.8 Å². The predicted octanol–water partition coefficient (Wildman–Crippen LogP) is 5.00. The number of fused-ring (bicyclic) bond motifs is 1. The number of likely N-dealkylation sites (tertiary alicyclic amines) is 1. The summed E-state index contributed by atoms with van der Waals surface area (Å²) in [6.45, 7) is 8.91. The molecule has 2 saturated heterocycles. The molecule has 1 saturated carbocycles. The van der Waals surface area contributed by atoms with Gasteiger partial charge >= 0.3 is 0 Å². The van der Waals surface area contributed by atoms with Crippen molar-refractivity contribution in [2.24, 2.45) is 5.41 Å². The van der Waals surface area contributed by atoms with E-state index in [4.69, 9.17) is 9.97 Å². The average Bonchev–Trinajstić information content (AvgIpc) is 3.39. The number of aromatic nitrogens is 2. The molecular weight excluding hydrogens is 501 g/mol. The van der Waals surface area contributed by atoms with Crippen molar-refractivity contribution in [2.75, 3.05) is 36.4 Å². The fourth-order valence-corrected chi connectivity index (χ4v) is 6.22. The van der Waals surface area contributed by atoms with E-state index in [0.717, 1.165) is 65.3 Å². The first kappa shape index (κ1) is 21.5. The monoisotopic (exact) mass is 535 g/mol. The predicted molar refractivity (Wildman–Crippen MR) is 135 cm³/mol. The molecule has 3 heterocycles. The molecule has 1 aromatic carbocycles. The lowest BCUT2D eigenvalue weighted by molar-refractivity contribution is 0.177. The van der Waals surface area contributed by atoms with Crippen LogP contribution in [0.2, 0.25) is 0 Å². The summed E-state index contributed by atoms with van der Waals surface area (Å²) in [7, 11) is 0. The fraction of sp³-hybridized carbons (Fsp3) is 0.667. The number of phenols is 1. The van der Waals surface area contributed by atoms with E-state index in [-0.39, 0.29) is 0 Å². The van der Waals surface area contributed by atoms with Crippen LogP contribution in [0.3, 0.4) is 0 Å². The van der Waals surface area contributed by atoms with Gasteiger partial charge in [0.15, 0.2) is 0 Å². The van der Waals surface area contributed by atoms with Crippen molar-refractivity contribution in [2.45, 2.75) is 70.9 Å². The van der Waals surface area contributed by atoms with E-state index in [1.54, 1.807) is 0 Å². The van der Waals surface area contributed by atoms with Crippen molar-refractivity contribution in [3.63, 3.8) is 0 Å². The summed E-state index contributed by atoms with van der Waals surface area (Å²) in [5.41, 5.74) is 1.40. The Kier molecular flexibility index (Phi) is 5.92. The van der Waals surface area contributed by atoms with Gasteiger partial charge in [0.05, 0.1) is 9.09 Å². The van der Waals surface area contributed by atoms with E-state index in [1.165, 1.54) is 32.1 Å². The molecule has 168 valence electrons. The highest BCUT2D eigenvalue weighted by Gasteiger charge is 2.41. The Hall–Kier alpha value is -1.35. The fourth-order valence-electron chi connectivity index (χ4n) is 5.77. The van der Waals surface area contributed by atoms with Gasteiger partial charge in [-0.15, -0.1) is 0 Å². The molecule has 0 unspecified atom stereocenters. The summed E-state index contributed by atoms with van der Waals surface area (Å²) in [6.07, 6.45) is 8.92. The Balaban J connectivity index is 1.44. The number of aromatic hydroxyl groups is 1. The summed E-state index contributed by atoms with van der Waals surface area (Å²) < 4.78 is 0.833. The maximum Gasteiger partial charge on any atom is 0.227 e. The molecule has 0 radical (unpaired) electrons. The Morgan fingerprint density at radius 3 is 2.55 bits per heavy atom. The number of phenolic OH excluding ortho intramolecular Hbond substituents is 1. The third-order valence-corrected chi connectivity index (χ3v) is 8.60. The standard InChI is InChI=1S/C24H34IN5O/c1-16(2)29-10-5-17(6-11-29)26-22-18-13-21(31)19(25)14-20(18)27-23(28-22)30-12-9-24(15-30)7-3-4-8-24/h13-14,16-17,31H,3-12,15H2,1-2H3,(H,26,27,28). The Morgan fingerprint density at radius 2 is 1.84 bits per heavy atom. The number of nitrogens with zero attached hydrogens (tertiary/aromatic N) is 4. The molecule has 7 heteroatoms. The van der Waals surface area contributed by atoms with Crippen molar-refractivity contribution >= 4 is 45.3 Å². The first-order valence-corrected chi connectivity index (χ1v) is 13.0. The molecule has 6 nitrogen and oxygen atoms in total. The highest BCUT2D eigenvalue weighted by Crippen LogP contribution is 2.46. The molecule has 1 aliphatic carbocycles. The van der Waals surface area contributed by atoms with Gasteiger partial charge in [0.25, 0.3) is 0 Å². The minimum atomic E-state index is 0.299. The molecule has 1 aromatic heterocycles. The van der Waals surface area contributed by atoms with Crippen LogP contribution in [0.4, 0.5) is 11.8 Å². The van der Waals surface area contributed by atoms with Gasteiger partial charge in [-0.2, -0.15) is 4.98 Å². The van der Waals surface area contributed by atoms with E-state index in [2.05, 4.69) is 51.6 Å². The van der Waals surface area contributed by atoms with Crippen molar-refractivity contribution in [3.05, 3.63) is 15.7 Å². The molecule has 2 aliphatic heterocycles. The van der Waals surface area contributed by atoms with Crippen LogP contribution < -0.4 is 10.2 Å². The number of benzene rings is 1. The third kappa shape index (κ3) is 4.32. The van der Waals surface area contributed by atoms with E-state index in [9.17, 15) is 5.11 Å². The zero-order valence-corrected chi connectivity index (χ0v) is 20.9. The second kappa shape index (κ2) is 8.54. The number of halogens is 1. The van der Waals surface area contributed by atoms with Crippen molar-refractivity contribution in [1.82, 2.24) is 14.9 Å². The first-order valence-electron chi connectivity index (χ1n) is 11.9. The highest BCUT2D eigenvalue weighted by atomic mass is 127. The van der Waals surface area contributed by atoms with Gasteiger partial charge in [0.1, 0.15) is 11.6 Å². The van der Waals surface area contributed by atoms with E-state index >= 15 is 0 Å². The summed E-state index contributed by atoms with van der Waals surface area (Å²) in [6, 6.07) is 4.82. The number of rotatable bonds is 4. The summed E-state index contributed by atoms with van der Waals surface area (Å²) >= 11 is 2.18. The zero-order valence-electron chi connectivity index (χ0n) is 18.7. The minimum absolute atomic E-state index is 0.299. The molecule has 3 fully saturated rings. The van der Waals surface area contributed by atoms with Crippen LogP contribution in [0.15, 0.2) is 12.1 Å². The Morgan fingerprint density at radius 1 is 1.10 bits per heavy atom. The van der Waals surface area contributed by atoms with Gasteiger partial charge in [-0.05, 0) is 86.1 Å². The first-order chi connectivity index (χ1) is 14.9. The van der Waals surface area contributed by atoms with E-state index in [0.29, 0.717) is 23.2 Å². The lowest BCUT2D eigenvalue weighted by atomic mass is 9.86. The second-order valence-corrected chi connectivity index (χ2v) is 11.3. The van der Waals surface area contributed by atoms with Gasteiger partial charge in [0.2, 0.25) is 5.95 Å². The Bertz CT molecular complexity index is 951. The number of hydrogen-bond donors (Lipinski definition) is 2. The summed E-state index contributed by atoms with van der Waals surface area (Å²) in [5, 5.41) is 15.0. The normalized spacial score (nSPS) is 22.3.